The van der Waals surface area contributed by atoms with Crippen molar-refractivity contribution in [3.05, 3.63) is 52.1 Å². The lowest BCUT2D eigenvalue weighted by atomic mass is 10.1. The molecule has 2 nitrogen and oxygen atoms in total. The molecule has 0 atom stereocenters. The van der Waals surface area contributed by atoms with Crippen LogP contribution in [0.15, 0.2) is 36.4 Å². The largest absolute Gasteiger partial charge is 0.339 e. The lowest BCUT2D eigenvalue weighted by Gasteiger charge is -2.08. The van der Waals surface area contributed by atoms with Crippen molar-refractivity contribution in [2.75, 3.05) is 0 Å². The lowest BCUT2D eigenvalue weighted by Crippen LogP contribution is -1.97. The third-order valence-electron chi connectivity index (χ3n) is 4.58. The van der Waals surface area contributed by atoms with E-state index in [0.717, 1.165) is 46.9 Å². The summed E-state index contributed by atoms with van der Waals surface area (Å²) < 4.78 is 2.33. The fourth-order valence-corrected chi connectivity index (χ4v) is 4.10. The van der Waals surface area contributed by atoms with Gasteiger partial charge in [-0.3, -0.25) is 4.98 Å². The van der Waals surface area contributed by atoms with Crippen LogP contribution >= 0.6 is 23.2 Å². The van der Waals surface area contributed by atoms with E-state index >= 15 is 0 Å². The minimum Gasteiger partial charge on any atom is -0.339 e. The maximum atomic E-state index is 6.57. The Balaban J connectivity index is 2.21. The molecule has 24 heavy (non-hydrogen) atoms. The second-order valence-electron chi connectivity index (χ2n) is 6.27. The molecule has 0 unspecified atom stereocenters. The highest BCUT2D eigenvalue weighted by Crippen LogP contribution is 2.39. The first-order chi connectivity index (χ1) is 11.6. The molecule has 4 aromatic rings. The van der Waals surface area contributed by atoms with E-state index in [4.69, 9.17) is 23.2 Å². The Kier molecular flexibility index (Phi) is 3.90. The van der Waals surface area contributed by atoms with E-state index in [0.29, 0.717) is 10.0 Å². The molecule has 0 spiro atoms. The molecule has 4 rings (SSSR count). The number of aryl methyl sites for hydroxylation is 2. The summed E-state index contributed by atoms with van der Waals surface area (Å²) in [6.07, 6.45) is 2.25. The molecular weight excluding hydrogens is 339 g/mol. The molecule has 0 N–H and O–H groups in total. The number of hydrogen-bond acceptors (Lipinski definition) is 1. The normalized spacial score (nSPS) is 11.8. The smallest absolute Gasteiger partial charge is 0.0712 e. The monoisotopic (exact) mass is 356 g/mol. The van der Waals surface area contributed by atoms with Crippen molar-refractivity contribution >= 4 is 55.9 Å². The first kappa shape index (κ1) is 15.7. The Morgan fingerprint density at radius 1 is 1.04 bits per heavy atom. The fraction of sp³-hybridized carbons (Fsp3) is 0.250. The highest BCUT2D eigenvalue weighted by molar-refractivity contribution is 6.40. The zero-order chi connectivity index (χ0) is 16.8. The number of benzene rings is 2. The van der Waals surface area contributed by atoms with Crippen LogP contribution in [0.2, 0.25) is 10.0 Å². The van der Waals surface area contributed by atoms with Gasteiger partial charge in [-0.15, -0.1) is 0 Å². The number of rotatable bonds is 3. The average Bonchev–Trinajstić information content (AvgIpc) is 2.86. The molecule has 2 aromatic carbocycles. The number of aromatic nitrogens is 2. The van der Waals surface area contributed by atoms with Crippen molar-refractivity contribution in [2.45, 2.75) is 33.2 Å². The summed E-state index contributed by atoms with van der Waals surface area (Å²) in [5.41, 5.74) is 4.29. The first-order valence-electron chi connectivity index (χ1n) is 8.27. The van der Waals surface area contributed by atoms with Crippen LogP contribution < -0.4 is 0 Å². The highest BCUT2D eigenvalue weighted by Gasteiger charge is 2.16. The van der Waals surface area contributed by atoms with E-state index in [-0.39, 0.29) is 0 Å². The predicted octanol–water partition coefficient (Wildman–Crippen LogP) is 6.76. The number of fused-ring (bicyclic) bond motifs is 5. The highest BCUT2D eigenvalue weighted by atomic mass is 35.5. The third kappa shape index (κ3) is 2.37. The first-order valence-corrected chi connectivity index (χ1v) is 9.03. The van der Waals surface area contributed by atoms with E-state index in [1.165, 1.54) is 10.9 Å². The molecule has 0 aliphatic carbocycles. The molecule has 0 aliphatic heterocycles. The quantitative estimate of drug-likeness (QED) is 0.396. The van der Waals surface area contributed by atoms with Crippen LogP contribution in [0.5, 0.6) is 0 Å². The van der Waals surface area contributed by atoms with Gasteiger partial charge in [0, 0.05) is 38.9 Å². The number of pyridine rings is 1. The Labute approximate surface area is 151 Å². The van der Waals surface area contributed by atoms with Gasteiger partial charge in [0.2, 0.25) is 0 Å². The van der Waals surface area contributed by atoms with Crippen molar-refractivity contribution in [1.82, 2.24) is 9.55 Å². The van der Waals surface area contributed by atoms with Gasteiger partial charge in [-0.1, -0.05) is 42.6 Å². The van der Waals surface area contributed by atoms with Crippen LogP contribution in [-0.4, -0.2) is 9.55 Å². The van der Waals surface area contributed by atoms with Crippen molar-refractivity contribution in [1.29, 1.82) is 0 Å². The van der Waals surface area contributed by atoms with Crippen molar-refractivity contribution in [2.24, 2.45) is 0 Å². The number of halogens is 2. The Morgan fingerprint density at radius 3 is 2.67 bits per heavy atom. The van der Waals surface area contributed by atoms with Gasteiger partial charge in [0.05, 0.1) is 16.1 Å². The molecule has 0 bridgehead atoms. The van der Waals surface area contributed by atoms with Gasteiger partial charge in [0.1, 0.15) is 0 Å². The molecular formula is C20H18Cl2N2. The van der Waals surface area contributed by atoms with Crippen molar-refractivity contribution in [3.63, 3.8) is 0 Å². The van der Waals surface area contributed by atoms with Crippen molar-refractivity contribution < 1.29 is 0 Å². The minimum absolute atomic E-state index is 0.666. The van der Waals surface area contributed by atoms with E-state index in [2.05, 4.69) is 40.7 Å². The summed E-state index contributed by atoms with van der Waals surface area (Å²) in [4.78, 5) is 4.67. The maximum Gasteiger partial charge on any atom is 0.0712 e. The van der Waals surface area contributed by atoms with Gasteiger partial charge in [-0.25, -0.2) is 0 Å². The molecule has 4 heteroatoms. The van der Waals surface area contributed by atoms with Crippen molar-refractivity contribution in [3.8, 4) is 0 Å². The maximum absolute atomic E-state index is 6.57. The Morgan fingerprint density at radius 2 is 1.88 bits per heavy atom. The van der Waals surface area contributed by atoms with Crippen LogP contribution in [0, 0.1) is 6.92 Å². The molecule has 2 heterocycles. The molecule has 2 aromatic heterocycles. The zero-order valence-corrected chi connectivity index (χ0v) is 15.2. The van der Waals surface area contributed by atoms with E-state index in [9.17, 15) is 0 Å². The lowest BCUT2D eigenvalue weighted by molar-refractivity contribution is 0.665. The fourth-order valence-electron chi connectivity index (χ4n) is 3.50. The second kappa shape index (κ2) is 5.94. The molecule has 0 amide bonds. The standard InChI is InChI=1S/C20H18Cl2N2/c1-3-4-9-24-18-8-7-17-14(6-5-12(2)23-17)19(18)15-10-13(21)11-16(22)20(15)24/h5-8,10-11H,3-4,9H2,1-2H3. The molecule has 0 saturated heterocycles. The Bertz CT molecular complexity index is 1080. The summed E-state index contributed by atoms with van der Waals surface area (Å²) in [6.45, 7) is 5.17. The SMILES string of the molecule is CCCCn1c2ccc3nc(C)ccc3c2c2cc(Cl)cc(Cl)c21. The van der Waals surface area contributed by atoms with Gasteiger partial charge in [0.25, 0.3) is 0 Å². The van der Waals surface area contributed by atoms with Gasteiger partial charge in [0.15, 0.2) is 0 Å². The Hall–Kier alpha value is -1.77. The van der Waals surface area contributed by atoms with Crippen LogP contribution in [0.3, 0.4) is 0 Å². The molecule has 122 valence electrons. The second-order valence-corrected chi connectivity index (χ2v) is 7.11. The predicted molar refractivity (Wildman–Crippen MR) is 104 cm³/mol. The van der Waals surface area contributed by atoms with Crippen LogP contribution in [0.1, 0.15) is 25.5 Å². The van der Waals surface area contributed by atoms with Crippen LogP contribution in [0.4, 0.5) is 0 Å². The van der Waals surface area contributed by atoms with E-state index in [1.807, 2.05) is 19.1 Å². The summed E-state index contributed by atoms with van der Waals surface area (Å²) in [6, 6.07) is 12.3. The molecule has 0 radical (unpaired) electrons. The van der Waals surface area contributed by atoms with E-state index in [1.54, 1.807) is 0 Å². The van der Waals surface area contributed by atoms with Gasteiger partial charge in [-0.05, 0) is 43.7 Å². The van der Waals surface area contributed by atoms with Crippen LogP contribution in [-0.2, 0) is 6.54 Å². The summed E-state index contributed by atoms with van der Waals surface area (Å²) >= 11 is 12.9. The minimum atomic E-state index is 0.666. The molecule has 0 aliphatic rings. The summed E-state index contributed by atoms with van der Waals surface area (Å²) in [7, 11) is 0. The molecule has 0 saturated carbocycles. The third-order valence-corrected chi connectivity index (χ3v) is 5.09. The van der Waals surface area contributed by atoms with Gasteiger partial charge in [-0.2, -0.15) is 0 Å². The topological polar surface area (TPSA) is 17.8 Å². The van der Waals surface area contributed by atoms with E-state index < -0.39 is 0 Å². The number of hydrogen-bond donors (Lipinski definition) is 0. The van der Waals surface area contributed by atoms with Crippen LogP contribution in [0.25, 0.3) is 32.7 Å². The number of unbranched alkanes of at least 4 members (excludes halogenated alkanes) is 1. The number of nitrogens with zero attached hydrogens (tertiary/aromatic N) is 2. The zero-order valence-electron chi connectivity index (χ0n) is 13.7. The summed E-state index contributed by atoms with van der Waals surface area (Å²) in [5, 5.41) is 4.82. The average molecular weight is 357 g/mol. The molecule has 0 fully saturated rings. The van der Waals surface area contributed by atoms with Gasteiger partial charge >= 0.3 is 0 Å². The van der Waals surface area contributed by atoms with Gasteiger partial charge < -0.3 is 4.57 Å². The summed E-state index contributed by atoms with van der Waals surface area (Å²) in [5.74, 6) is 0.